The first-order valence-electron chi connectivity index (χ1n) is 9.02. The molecule has 1 fully saturated rings. The van der Waals surface area contributed by atoms with Gasteiger partial charge in [0.15, 0.2) is 0 Å². The molecule has 1 aliphatic rings. The van der Waals surface area contributed by atoms with Crippen molar-refractivity contribution < 1.29 is 4.74 Å². The summed E-state index contributed by atoms with van der Waals surface area (Å²) in [6, 6.07) is 7.88. The summed E-state index contributed by atoms with van der Waals surface area (Å²) < 4.78 is 7.28. The molecule has 0 bridgehead atoms. The molecule has 2 N–H and O–H groups in total. The van der Waals surface area contributed by atoms with Crippen LogP contribution in [0.25, 0.3) is 10.9 Å². The van der Waals surface area contributed by atoms with Crippen molar-refractivity contribution in [2.24, 2.45) is 0 Å². The highest BCUT2D eigenvalue weighted by atomic mass is 35.5. The Morgan fingerprint density at radius 3 is 2.74 bits per heavy atom. The third-order valence-corrected chi connectivity index (χ3v) is 5.39. The topological polar surface area (TPSA) is 72.4 Å². The molecule has 3 aromatic rings. The summed E-state index contributed by atoms with van der Waals surface area (Å²) in [5, 5.41) is 6.13. The van der Waals surface area contributed by atoms with E-state index in [0.29, 0.717) is 16.6 Å². The number of halogens is 1. The maximum absolute atomic E-state index is 6.13. The number of ether oxygens (including phenoxy) is 1. The molecule has 1 aliphatic heterocycles. The first-order valence-corrected chi connectivity index (χ1v) is 9.40. The number of nitrogens with zero attached hydrogens (tertiary/aromatic N) is 5. The monoisotopic (exact) mass is 386 g/mol. The molecule has 27 heavy (non-hydrogen) atoms. The van der Waals surface area contributed by atoms with Crippen molar-refractivity contribution in [3.8, 4) is 5.75 Å². The van der Waals surface area contributed by atoms with Crippen LogP contribution in [0.1, 0.15) is 0 Å². The quantitative estimate of drug-likeness (QED) is 0.726. The van der Waals surface area contributed by atoms with Crippen molar-refractivity contribution in [1.29, 1.82) is 0 Å². The number of nitrogen functional groups attached to an aromatic ring is 1. The van der Waals surface area contributed by atoms with Crippen molar-refractivity contribution >= 4 is 34.0 Å². The van der Waals surface area contributed by atoms with Crippen LogP contribution in [0.3, 0.4) is 0 Å². The summed E-state index contributed by atoms with van der Waals surface area (Å²) in [6.45, 7) is 5.66. The van der Waals surface area contributed by atoms with Gasteiger partial charge in [0, 0.05) is 56.1 Å². The number of aromatic nitrogens is 3. The minimum atomic E-state index is 0.534. The Bertz CT molecular complexity index is 935. The van der Waals surface area contributed by atoms with E-state index in [1.165, 1.54) is 0 Å². The van der Waals surface area contributed by atoms with Crippen molar-refractivity contribution in [3.63, 3.8) is 0 Å². The van der Waals surface area contributed by atoms with Gasteiger partial charge in [0.1, 0.15) is 17.1 Å². The Morgan fingerprint density at radius 1 is 1.15 bits per heavy atom. The molecule has 0 atom stereocenters. The van der Waals surface area contributed by atoms with Crippen LogP contribution in [0, 0.1) is 0 Å². The van der Waals surface area contributed by atoms with E-state index >= 15 is 0 Å². The van der Waals surface area contributed by atoms with Crippen LogP contribution < -0.4 is 15.4 Å². The summed E-state index contributed by atoms with van der Waals surface area (Å²) in [6.07, 6.45) is 3.56. The molecule has 3 heterocycles. The molecule has 1 saturated heterocycles. The number of fused-ring (bicyclic) bond motifs is 1. The van der Waals surface area contributed by atoms with E-state index < -0.39 is 0 Å². The van der Waals surface area contributed by atoms with Crippen molar-refractivity contribution in [2.75, 3.05) is 50.5 Å². The molecule has 0 amide bonds. The predicted molar refractivity (Wildman–Crippen MR) is 109 cm³/mol. The van der Waals surface area contributed by atoms with E-state index in [4.69, 9.17) is 22.1 Å². The summed E-state index contributed by atoms with van der Waals surface area (Å²) in [7, 11) is 1.64. The van der Waals surface area contributed by atoms with Gasteiger partial charge in [0.25, 0.3) is 0 Å². The second kappa shape index (κ2) is 7.62. The molecule has 0 aliphatic carbocycles. The van der Waals surface area contributed by atoms with Gasteiger partial charge in [-0.3, -0.25) is 9.58 Å². The third-order valence-electron chi connectivity index (χ3n) is 5.08. The van der Waals surface area contributed by atoms with Crippen LogP contribution >= 0.6 is 11.6 Å². The van der Waals surface area contributed by atoms with E-state index in [1.807, 2.05) is 35.1 Å². The van der Waals surface area contributed by atoms with Crippen LogP contribution in [0.5, 0.6) is 5.75 Å². The van der Waals surface area contributed by atoms with Crippen molar-refractivity contribution in [2.45, 2.75) is 6.54 Å². The Balaban J connectivity index is 1.36. The van der Waals surface area contributed by atoms with Crippen LogP contribution in [0.2, 0.25) is 5.02 Å². The largest absolute Gasteiger partial charge is 0.495 e. The minimum Gasteiger partial charge on any atom is -0.495 e. The SMILES string of the molecule is COc1cc(N2CCN(CCn3ncc4ccnc(N)c43)CC2)ccc1Cl. The Morgan fingerprint density at radius 2 is 1.96 bits per heavy atom. The van der Waals surface area contributed by atoms with E-state index in [1.54, 1.807) is 13.3 Å². The highest BCUT2D eigenvalue weighted by molar-refractivity contribution is 6.32. The standard InChI is InChI=1S/C19H23ClN6O/c1-27-17-12-15(2-3-16(17)20)25-9-6-24(7-10-25)8-11-26-18-14(13-23-26)4-5-22-19(18)21/h2-5,12-13H,6-11H2,1H3,(H2,21,22). The smallest absolute Gasteiger partial charge is 0.149 e. The molecule has 142 valence electrons. The number of anilines is 2. The molecule has 8 heteroatoms. The van der Waals surface area contributed by atoms with Gasteiger partial charge in [-0.1, -0.05) is 11.6 Å². The lowest BCUT2D eigenvalue weighted by molar-refractivity contribution is 0.246. The lowest BCUT2D eigenvalue weighted by atomic mass is 10.2. The van der Waals surface area contributed by atoms with Crippen molar-refractivity contribution in [3.05, 3.63) is 41.7 Å². The van der Waals surface area contributed by atoms with Gasteiger partial charge in [-0.15, -0.1) is 0 Å². The fraction of sp³-hybridized carbons (Fsp3) is 0.368. The number of benzene rings is 1. The van der Waals surface area contributed by atoms with Gasteiger partial charge < -0.3 is 15.4 Å². The average Bonchev–Trinajstić information content (AvgIpc) is 3.12. The number of hydrogen-bond acceptors (Lipinski definition) is 6. The summed E-state index contributed by atoms with van der Waals surface area (Å²) in [5.74, 6) is 1.25. The number of nitrogens with two attached hydrogens (primary N) is 1. The van der Waals surface area contributed by atoms with Crippen molar-refractivity contribution in [1.82, 2.24) is 19.7 Å². The molecular weight excluding hydrogens is 364 g/mol. The van der Waals surface area contributed by atoms with Crippen LogP contribution in [0.4, 0.5) is 11.5 Å². The van der Waals surface area contributed by atoms with Gasteiger partial charge in [0.05, 0.1) is 24.9 Å². The van der Waals surface area contributed by atoms with Gasteiger partial charge in [-0.25, -0.2) is 4.98 Å². The summed E-state index contributed by atoms with van der Waals surface area (Å²) >= 11 is 6.13. The van der Waals surface area contributed by atoms with E-state index in [2.05, 4.69) is 19.9 Å². The molecule has 0 unspecified atom stereocenters. The maximum Gasteiger partial charge on any atom is 0.149 e. The van der Waals surface area contributed by atoms with E-state index in [-0.39, 0.29) is 0 Å². The van der Waals surface area contributed by atoms with Gasteiger partial charge >= 0.3 is 0 Å². The zero-order valence-electron chi connectivity index (χ0n) is 15.3. The number of hydrogen-bond donors (Lipinski definition) is 1. The lowest BCUT2D eigenvalue weighted by Crippen LogP contribution is -2.47. The Hall–Kier alpha value is -2.51. The van der Waals surface area contributed by atoms with Gasteiger partial charge in [-0.05, 0) is 18.2 Å². The third kappa shape index (κ3) is 3.65. The summed E-state index contributed by atoms with van der Waals surface area (Å²) in [5.41, 5.74) is 8.08. The molecule has 0 radical (unpaired) electrons. The molecule has 7 nitrogen and oxygen atoms in total. The van der Waals surface area contributed by atoms with Crippen LogP contribution in [0.15, 0.2) is 36.7 Å². The van der Waals surface area contributed by atoms with Gasteiger partial charge in [-0.2, -0.15) is 5.10 Å². The zero-order chi connectivity index (χ0) is 18.8. The molecule has 0 saturated carbocycles. The van der Waals surface area contributed by atoms with Crippen LogP contribution in [-0.4, -0.2) is 59.5 Å². The van der Waals surface area contributed by atoms with E-state index in [0.717, 1.165) is 55.9 Å². The Kier molecular flexibility index (Phi) is 5.05. The number of pyridine rings is 1. The normalized spacial score (nSPS) is 15.4. The zero-order valence-corrected chi connectivity index (χ0v) is 16.1. The van der Waals surface area contributed by atoms with Gasteiger partial charge in [0.2, 0.25) is 0 Å². The highest BCUT2D eigenvalue weighted by Crippen LogP contribution is 2.29. The predicted octanol–water partition coefficient (Wildman–Crippen LogP) is 2.50. The molecule has 1 aromatic carbocycles. The number of piperazine rings is 1. The second-order valence-electron chi connectivity index (χ2n) is 6.65. The van der Waals surface area contributed by atoms with E-state index in [9.17, 15) is 0 Å². The first-order chi connectivity index (χ1) is 13.2. The maximum atomic E-state index is 6.13. The fourth-order valence-electron chi connectivity index (χ4n) is 3.54. The van der Waals surface area contributed by atoms with Crippen LogP contribution in [-0.2, 0) is 6.54 Å². The average molecular weight is 387 g/mol. The first kappa shape index (κ1) is 17.9. The highest BCUT2D eigenvalue weighted by Gasteiger charge is 2.18. The second-order valence-corrected chi connectivity index (χ2v) is 7.06. The summed E-state index contributed by atoms with van der Waals surface area (Å²) in [4.78, 5) is 8.99. The lowest BCUT2D eigenvalue weighted by Gasteiger charge is -2.36. The Labute approximate surface area is 163 Å². The molecule has 2 aromatic heterocycles. The molecule has 0 spiro atoms. The number of rotatable bonds is 5. The minimum absolute atomic E-state index is 0.534. The molecular formula is C19H23ClN6O. The fourth-order valence-corrected chi connectivity index (χ4v) is 3.74. The molecule has 4 rings (SSSR count). The number of methoxy groups -OCH3 is 1.